The van der Waals surface area contributed by atoms with E-state index in [0.29, 0.717) is 13.0 Å². The maximum Gasteiger partial charge on any atom is 0.407 e. The van der Waals surface area contributed by atoms with E-state index in [0.717, 1.165) is 18.4 Å². The van der Waals surface area contributed by atoms with Crippen LogP contribution in [0.25, 0.3) is 0 Å². The third-order valence-corrected chi connectivity index (χ3v) is 3.42. The number of amides is 1. The molecule has 6 nitrogen and oxygen atoms in total. The summed E-state index contributed by atoms with van der Waals surface area (Å²) in [5, 5.41) is 5.89. The molecule has 1 unspecified atom stereocenters. The van der Waals surface area contributed by atoms with Crippen LogP contribution in [0, 0.1) is 0 Å². The van der Waals surface area contributed by atoms with Crippen molar-refractivity contribution in [3.05, 3.63) is 35.9 Å². The zero-order chi connectivity index (χ0) is 17.8. The van der Waals surface area contributed by atoms with E-state index in [-0.39, 0.29) is 24.7 Å². The van der Waals surface area contributed by atoms with E-state index in [4.69, 9.17) is 9.47 Å². The van der Waals surface area contributed by atoms with Gasteiger partial charge in [0.2, 0.25) is 0 Å². The van der Waals surface area contributed by atoms with Crippen molar-refractivity contribution in [3.63, 3.8) is 0 Å². The lowest BCUT2D eigenvalue weighted by Gasteiger charge is -2.18. The average molecular weight is 336 g/mol. The highest BCUT2D eigenvalue weighted by Crippen LogP contribution is 2.04. The highest BCUT2D eigenvalue weighted by Gasteiger charge is 2.18. The van der Waals surface area contributed by atoms with Crippen molar-refractivity contribution in [2.24, 2.45) is 0 Å². The van der Waals surface area contributed by atoms with E-state index < -0.39 is 6.09 Å². The number of benzene rings is 1. The highest BCUT2D eigenvalue weighted by molar-refractivity contribution is 5.75. The second kappa shape index (κ2) is 11.5. The van der Waals surface area contributed by atoms with Crippen molar-refractivity contribution in [1.29, 1.82) is 0 Å². The molecule has 0 aliphatic heterocycles. The zero-order valence-corrected chi connectivity index (χ0v) is 14.7. The van der Waals surface area contributed by atoms with Gasteiger partial charge in [0.1, 0.15) is 12.6 Å². The van der Waals surface area contributed by atoms with E-state index in [1.165, 1.54) is 7.11 Å². The standard InChI is InChI=1S/C18H28N2O4/c1-14(2)20-16(17(21)23-3)11-7-8-12-19-18(22)24-13-15-9-5-4-6-10-15/h4-6,9-10,14,16,20H,7-8,11-13H2,1-3H3,(H,19,22). The Morgan fingerprint density at radius 3 is 2.46 bits per heavy atom. The number of esters is 1. The summed E-state index contributed by atoms with van der Waals surface area (Å²) in [6.45, 7) is 4.75. The summed E-state index contributed by atoms with van der Waals surface area (Å²) in [5.41, 5.74) is 0.952. The van der Waals surface area contributed by atoms with Crippen LogP contribution >= 0.6 is 0 Å². The topological polar surface area (TPSA) is 76.7 Å². The number of ether oxygens (including phenoxy) is 2. The number of nitrogens with one attached hydrogen (secondary N) is 2. The Kier molecular flexibility index (Phi) is 9.53. The lowest BCUT2D eigenvalue weighted by molar-refractivity contribution is -0.143. The van der Waals surface area contributed by atoms with E-state index in [9.17, 15) is 9.59 Å². The van der Waals surface area contributed by atoms with Gasteiger partial charge in [0.05, 0.1) is 7.11 Å². The summed E-state index contributed by atoms with van der Waals surface area (Å²) in [7, 11) is 1.39. The molecule has 24 heavy (non-hydrogen) atoms. The van der Waals surface area contributed by atoms with Gasteiger partial charge in [-0.25, -0.2) is 4.79 Å². The van der Waals surface area contributed by atoms with Crippen molar-refractivity contribution >= 4 is 12.1 Å². The molecule has 0 heterocycles. The normalized spacial score (nSPS) is 11.8. The van der Waals surface area contributed by atoms with Gasteiger partial charge in [-0.3, -0.25) is 4.79 Å². The molecule has 6 heteroatoms. The summed E-state index contributed by atoms with van der Waals surface area (Å²) in [6, 6.07) is 9.43. The van der Waals surface area contributed by atoms with E-state index in [1.807, 2.05) is 44.2 Å². The molecule has 1 aromatic carbocycles. The van der Waals surface area contributed by atoms with Crippen molar-refractivity contribution in [1.82, 2.24) is 10.6 Å². The molecule has 0 fully saturated rings. The number of methoxy groups -OCH3 is 1. The number of hydrogen-bond donors (Lipinski definition) is 2. The molecule has 2 N–H and O–H groups in total. The summed E-state index contributed by atoms with van der Waals surface area (Å²) in [6.07, 6.45) is 1.82. The van der Waals surface area contributed by atoms with Crippen LogP contribution in [0.2, 0.25) is 0 Å². The minimum atomic E-state index is -0.427. The van der Waals surface area contributed by atoms with Crippen LogP contribution in [0.4, 0.5) is 4.79 Å². The summed E-state index contributed by atoms with van der Waals surface area (Å²) < 4.78 is 9.92. The predicted octanol–water partition coefficient (Wildman–Crippen LogP) is 2.62. The minimum absolute atomic E-state index is 0.209. The Morgan fingerprint density at radius 1 is 1.12 bits per heavy atom. The second-order valence-electron chi connectivity index (χ2n) is 5.88. The fraction of sp³-hybridized carbons (Fsp3) is 0.556. The van der Waals surface area contributed by atoms with Crippen LogP contribution in [0.15, 0.2) is 30.3 Å². The maximum atomic E-state index is 11.7. The summed E-state index contributed by atoms with van der Waals surface area (Å²) in [4.78, 5) is 23.3. The maximum absolute atomic E-state index is 11.7. The van der Waals surface area contributed by atoms with Gasteiger partial charge in [-0.1, -0.05) is 44.2 Å². The smallest absolute Gasteiger partial charge is 0.407 e. The molecular formula is C18H28N2O4. The van der Waals surface area contributed by atoms with Crippen LogP contribution in [-0.4, -0.2) is 37.8 Å². The van der Waals surface area contributed by atoms with Crippen molar-refractivity contribution in [3.8, 4) is 0 Å². The monoisotopic (exact) mass is 336 g/mol. The van der Waals surface area contributed by atoms with Crippen LogP contribution in [0.3, 0.4) is 0 Å². The van der Waals surface area contributed by atoms with Gasteiger partial charge in [0, 0.05) is 12.6 Å². The molecule has 0 radical (unpaired) electrons. The molecule has 0 aromatic heterocycles. The first-order valence-corrected chi connectivity index (χ1v) is 8.31. The van der Waals surface area contributed by atoms with Crippen LogP contribution in [-0.2, 0) is 20.9 Å². The molecule has 0 saturated carbocycles. The van der Waals surface area contributed by atoms with Gasteiger partial charge < -0.3 is 20.1 Å². The Morgan fingerprint density at radius 2 is 1.83 bits per heavy atom. The first-order chi connectivity index (χ1) is 11.5. The number of carbonyl (C=O) groups excluding carboxylic acids is 2. The Balaban J connectivity index is 2.15. The Labute approximate surface area is 143 Å². The van der Waals surface area contributed by atoms with Gasteiger partial charge in [-0.05, 0) is 24.8 Å². The number of hydrogen-bond acceptors (Lipinski definition) is 5. The molecule has 0 bridgehead atoms. The molecule has 134 valence electrons. The molecule has 1 atom stereocenters. The van der Waals surface area contributed by atoms with Gasteiger partial charge in [0.25, 0.3) is 0 Å². The molecule has 0 aliphatic rings. The summed E-state index contributed by atoms with van der Waals surface area (Å²) in [5.74, 6) is -0.251. The van der Waals surface area contributed by atoms with Crippen LogP contribution in [0.5, 0.6) is 0 Å². The average Bonchev–Trinajstić information content (AvgIpc) is 2.58. The lowest BCUT2D eigenvalue weighted by Crippen LogP contribution is -2.41. The van der Waals surface area contributed by atoms with Crippen molar-refractivity contribution in [2.45, 2.75) is 51.8 Å². The third kappa shape index (κ3) is 8.53. The second-order valence-corrected chi connectivity index (χ2v) is 5.88. The molecular weight excluding hydrogens is 308 g/mol. The largest absolute Gasteiger partial charge is 0.468 e. The molecule has 0 saturated heterocycles. The van der Waals surface area contributed by atoms with E-state index in [1.54, 1.807) is 0 Å². The quantitative estimate of drug-likeness (QED) is 0.507. The van der Waals surface area contributed by atoms with Gasteiger partial charge in [-0.15, -0.1) is 0 Å². The SMILES string of the molecule is COC(=O)C(CCCCNC(=O)OCc1ccccc1)NC(C)C. The summed E-state index contributed by atoms with van der Waals surface area (Å²) >= 11 is 0. The van der Waals surface area contributed by atoms with E-state index in [2.05, 4.69) is 10.6 Å². The van der Waals surface area contributed by atoms with Crippen molar-refractivity contribution in [2.75, 3.05) is 13.7 Å². The fourth-order valence-electron chi connectivity index (χ4n) is 2.25. The highest BCUT2D eigenvalue weighted by atomic mass is 16.5. The third-order valence-electron chi connectivity index (χ3n) is 3.42. The molecule has 0 spiro atoms. The number of carbonyl (C=O) groups is 2. The van der Waals surface area contributed by atoms with Crippen LogP contribution < -0.4 is 10.6 Å². The van der Waals surface area contributed by atoms with Crippen LogP contribution in [0.1, 0.15) is 38.7 Å². The lowest BCUT2D eigenvalue weighted by atomic mass is 10.1. The molecule has 1 amide bonds. The molecule has 0 aliphatic carbocycles. The Hall–Kier alpha value is -2.08. The van der Waals surface area contributed by atoms with Crippen molar-refractivity contribution < 1.29 is 19.1 Å². The number of rotatable bonds is 10. The van der Waals surface area contributed by atoms with E-state index >= 15 is 0 Å². The zero-order valence-electron chi connectivity index (χ0n) is 14.7. The number of alkyl carbamates (subject to hydrolysis) is 1. The first kappa shape index (κ1) is 20.0. The minimum Gasteiger partial charge on any atom is -0.468 e. The number of unbranched alkanes of at least 4 members (excludes halogenated alkanes) is 1. The first-order valence-electron chi connectivity index (χ1n) is 8.31. The molecule has 1 aromatic rings. The fourth-order valence-corrected chi connectivity index (χ4v) is 2.25. The van der Waals surface area contributed by atoms with Gasteiger partial charge in [-0.2, -0.15) is 0 Å². The van der Waals surface area contributed by atoms with Gasteiger partial charge >= 0.3 is 12.1 Å². The molecule has 1 rings (SSSR count). The van der Waals surface area contributed by atoms with Gasteiger partial charge in [0.15, 0.2) is 0 Å². The predicted molar refractivity (Wildman–Crippen MR) is 92.6 cm³/mol. The Bertz CT molecular complexity index is 491.